The van der Waals surface area contributed by atoms with Crippen LogP contribution < -0.4 is 11.1 Å². The zero-order valence-electron chi connectivity index (χ0n) is 10.3. The highest BCUT2D eigenvalue weighted by molar-refractivity contribution is 14.1. The molecule has 1 aliphatic rings. The van der Waals surface area contributed by atoms with Crippen molar-refractivity contribution in [3.05, 3.63) is 62.2 Å². The summed E-state index contributed by atoms with van der Waals surface area (Å²) in [6, 6.07) is 13.0. The number of hydrogen-bond donors (Lipinski definition) is 2. The van der Waals surface area contributed by atoms with Crippen LogP contribution in [0, 0.1) is 3.57 Å². The minimum absolute atomic E-state index is 0.196. The van der Waals surface area contributed by atoms with Gasteiger partial charge in [0.2, 0.25) is 0 Å². The number of nitrogens with one attached hydrogen (secondary N) is 1. The molecule has 1 amide bonds. The minimum atomic E-state index is -0.196. The summed E-state index contributed by atoms with van der Waals surface area (Å²) < 4.78 is 1.12. The van der Waals surface area contributed by atoms with Crippen molar-refractivity contribution in [3.63, 3.8) is 0 Å². The standard InChI is InChI=1S/C15H10ClIN2O/c16-9-3-6-11-12(7-9)19-15(20)13(11)14(18)8-1-4-10(17)5-2-8/h1-7H,18H2,(H,19,20). The van der Waals surface area contributed by atoms with Crippen LogP contribution >= 0.6 is 34.2 Å². The predicted octanol–water partition coefficient (Wildman–Crippen LogP) is 3.72. The van der Waals surface area contributed by atoms with E-state index in [1.54, 1.807) is 12.1 Å². The fraction of sp³-hybridized carbons (Fsp3) is 0. The molecule has 2 aromatic rings. The first-order valence-electron chi connectivity index (χ1n) is 5.93. The summed E-state index contributed by atoms with van der Waals surface area (Å²) in [5.41, 5.74) is 9.47. The molecule has 0 spiro atoms. The summed E-state index contributed by atoms with van der Waals surface area (Å²) >= 11 is 8.16. The number of fused-ring (bicyclic) bond motifs is 1. The first kappa shape index (κ1) is 13.5. The fourth-order valence-corrected chi connectivity index (χ4v) is 2.72. The first-order valence-corrected chi connectivity index (χ1v) is 7.39. The number of benzene rings is 2. The van der Waals surface area contributed by atoms with E-state index in [9.17, 15) is 4.79 Å². The Morgan fingerprint density at radius 3 is 2.55 bits per heavy atom. The van der Waals surface area contributed by atoms with Crippen molar-refractivity contribution < 1.29 is 4.79 Å². The van der Waals surface area contributed by atoms with Gasteiger partial charge in [0.05, 0.1) is 17.0 Å². The lowest BCUT2D eigenvalue weighted by molar-refractivity contribution is -0.110. The second-order valence-electron chi connectivity index (χ2n) is 4.44. The lowest BCUT2D eigenvalue weighted by Gasteiger charge is -2.06. The van der Waals surface area contributed by atoms with Gasteiger partial charge in [0, 0.05) is 14.2 Å². The van der Waals surface area contributed by atoms with E-state index in [4.69, 9.17) is 17.3 Å². The molecule has 0 saturated heterocycles. The minimum Gasteiger partial charge on any atom is -0.398 e. The molecule has 0 unspecified atom stereocenters. The average molecular weight is 397 g/mol. The molecule has 0 aromatic heterocycles. The van der Waals surface area contributed by atoms with E-state index in [1.165, 1.54) is 0 Å². The zero-order chi connectivity index (χ0) is 14.3. The number of halogens is 2. The van der Waals surface area contributed by atoms with Gasteiger partial charge in [0.1, 0.15) is 0 Å². The fourth-order valence-electron chi connectivity index (χ4n) is 2.19. The molecular formula is C15H10ClIN2O. The van der Waals surface area contributed by atoms with Gasteiger partial charge in [-0.2, -0.15) is 0 Å². The van der Waals surface area contributed by atoms with Crippen molar-refractivity contribution in [1.82, 2.24) is 0 Å². The maximum atomic E-state index is 12.1. The molecule has 20 heavy (non-hydrogen) atoms. The summed E-state index contributed by atoms with van der Waals surface area (Å²) in [6.07, 6.45) is 0. The number of carbonyl (C=O) groups excluding carboxylic acids is 1. The van der Waals surface area contributed by atoms with Crippen molar-refractivity contribution >= 4 is 57.1 Å². The Morgan fingerprint density at radius 1 is 1.15 bits per heavy atom. The van der Waals surface area contributed by atoms with Crippen LogP contribution in [0.15, 0.2) is 42.5 Å². The Balaban J connectivity index is 2.16. The van der Waals surface area contributed by atoms with E-state index in [-0.39, 0.29) is 5.91 Å². The summed E-state index contributed by atoms with van der Waals surface area (Å²) in [7, 11) is 0. The highest BCUT2D eigenvalue weighted by Crippen LogP contribution is 2.36. The van der Waals surface area contributed by atoms with Gasteiger partial charge in [-0.25, -0.2) is 0 Å². The molecule has 1 heterocycles. The Bertz CT molecular complexity index is 738. The van der Waals surface area contributed by atoms with Crippen LogP contribution in [0.2, 0.25) is 5.02 Å². The van der Waals surface area contributed by atoms with Crippen LogP contribution in [-0.2, 0) is 4.79 Å². The van der Waals surface area contributed by atoms with Gasteiger partial charge in [-0.15, -0.1) is 0 Å². The van der Waals surface area contributed by atoms with Crippen LogP contribution in [0.1, 0.15) is 11.1 Å². The predicted molar refractivity (Wildman–Crippen MR) is 90.2 cm³/mol. The third-order valence-corrected chi connectivity index (χ3v) is 4.11. The zero-order valence-corrected chi connectivity index (χ0v) is 13.2. The molecule has 0 atom stereocenters. The topological polar surface area (TPSA) is 55.1 Å². The van der Waals surface area contributed by atoms with Crippen LogP contribution in [0.3, 0.4) is 0 Å². The van der Waals surface area contributed by atoms with E-state index < -0.39 is 0 Å². The van der Waals surface area contributed by atoms with Crippen molar-refractivity contribution in [1.29, 1.82) is 0 Å². The number of amides is 1. The number of anilines is 1. The van der Waals surface area contributed by atoms with Gasteiger partial charge in [-0.3, -0.25) is 4.79 Å². The molecule has 100 valence electrons. The Morgan fingerprint density at radius 2 is 1.85 bits per heavy atom. The van der Waals surface area contributed by atoms with Gasteiger partial charge >= 0.3 is 0 Å². The SMILES string of the molecule is NC(=C1C(=O)Nc2cc(Cl)ccc21)c1ccc(I)cc1. The number of carbonyl (C=O) groups is 1. The van der Waals surface area contributed by atoms with Crippen molar-refractivity contribution in [3.8, 4) is 0 Å². The molecule has 0 aliphatic carbocycles. The van der Waals surface area contributed by atoms with Gasteiger partial charge < -0.3 is 11.1 Å². The van der Waals surface area contributed by atoms with Crippen molar-refractivity contribution in [2.75, 3.05) is 5.32 Å². The van der Waals surface area contributed by atoms with E-state index in [0.29, 0.717) is 22.0 Å². The van der Waals surface area contributed by atoms with E-state index in [0.717, 1.165) is 14.7 Å². The van der Waals surface area contributed by atoms with E-state index >= 15 is 0 Å². The quantitative estimate of drug-likeness (QED) is 0.570. The Kier molecular flexibility index (Phi) is 3.43. The molecule has 0 fully saturated rings. The third kappa shape index (κ3) is 2.29. The van der Waals surface area contributed by atoms with Gasteiger partial charge in [0.25, 0.3) is 5.91 Å². The summed E-state index contributed by atoms with van der Waals surface area (Å²) in [5, 5.41) is 3.37. The largest absolute Gasteiger partial charge is 0.398 e. The second kappa shape index (κ2) is 5.10. The third-order valence-electron chi connectivity index (χ3n) is 3.15. The summed E-state index contributed by atoms with van der Waals surface area (Å²) in [5.74, 6) is -0.196. The van der Waals surface area contributed by atoms with Gasteiger partial charge in [-0.1, -0.05) is 29.8 Å². The molecule has 3 N–H and O–H groups in total. The monoisotopic (exact) mass is 396 g/mol. The van der Waals surface area contributed by atoms with E-state index in [2.05, 4.69) is 27.9 Å². The van der Waals surface area contributed by atoms with Gasteiger partial charge in [0.15, 0.2) is 0 Å². The average Bonchev–Trinajstić information content (AvgIpc) is 2.73. The first-order chi connectivity index (χ1) is 9.56. The lowest BCUT2D eigenvalue weighted by atomic mass is 10.0. The molecule has 3 rings (SSSR count). The maximum Gasteiger partial charge on any atom is 0.258 e. The Labute approximate surface area is 135 Å². The summed E-state index contributed by atoms with van der Waals surface area (Å²) in [6.45, 7) is 0. The molecule has 5 heteroatoms. The number of hydrogen-bond acceptors (Lipinski definition) is 2. The van der Waals surface area contributed by atoms with Crippen LogP contribution in [0.5, 0.6) is 0 Å². The van der Waals surface area contributed by atoms with Crippen LogP contribution in [0.25, 0.3) is 11.3 Å². The van der Waals surface area contributed by atoms with Crippen molar-refractivity contribution in [2.24, 2.45) is 5.73 Å². The summed E-state index contributed by atoms with van der Waals surface area (Å²) in [4.78, 5) is 12.1. The highest BCUT2D eigenvalue weighted by Gasteiger charge is 2.27. The number of rotatable bonds is 1. The van der Waals surface area contributed by atoms with Crippen LogP contribution in [-0.4, -0.2) is 5.91 Å². The second-order valence-corrected chi connectivity index (χ2v) is 6.12. The Hall–Kier alpha value is -1.53. The molecule has 1 aliphatic heterocycles. The molecule has 0 radical (unpaired) electrons. The molecule has 2 aromatic carbocycles. The van der Waals surface area contributed by atoms with Crippen LogP contribution in [0.4, 0.5) is 5.69 Å². The molecule has 0 saturated carbocycles. The molecular weight excluding hydrogens is 387 g/mol. The maximum absolute atomic E-state index is 12.1. The lowest BCUT2D eigenvalue weighted by Crippen LogP contribution is -2.09. The molecule has 3 nitrogen and oxygen atoms in total. The normalized spacial score (nSPS) is 15.8. The molecule has 0 bridgehead atoms. The van der Waals surface area contributed by atoms with E-state index in [1.807, 2.05) is 30.3 Å². The smallest absolute Gasteiger partial charge is 0.258 e. The number of nitrogens with two attached hydrogens (primary N) is 1. The highest BCUT2D eigenvalue weighted by atomic mass is 127. The van der Waals surface area contributed by atoms with Crippen molar-refractivity contribution in [2.45, 2.75) is 0 Å². The van der Waals surface area contributed by atoms with Gasteiger partial charge in [-0.05, 0) is 52.4 Å².